The zero-order chi connectivity index (χ0) is 30.0. The van der Waals surface area contributed by atoms with Crippen LogP contribution < -0.4 is 0 Å². The molecule has 0 bridgehead atoms. The number of thiophene rings is 1. The van der Waals surface area contributed by atoms with E-state index in [1.807, 2.05) is 23.1 Å². The van der Waals surface area contributed by atoms with Gasteiger partial charge in [-0.05, 0) is 81.9 Å². The second-order valence-electron chi connectivity index (χ2n) is 12.4. The number of hydrogen-bond acceptors (Lipinski definition) is 2. The van der Waals surface area contributed by atoms with E-state index in [1.165, 1.54) is 90.8 Å². The van der Waals surface area contributed by atoms with Gasteiger partial charge >= 0.3 is 0 Å². The third-order valence-corrected chi connectivity index (χ3v) is 12.5. The van der Waals surface area contributed by atoms with Crippen LogP contribution in [-0.4, -0.2) is 4.57 Å². The Kier molecular flexibility index (Phi) is 4.92. The van der Waals surface area contributed by atoms with Crippen LogP contribution in [0.3, 0.4) is 0 Å². The van der Waals surface area contributed by atoms with Gasteiger partial charge in [-0.2, -0.15) is 0 Å². The number of nitrogens with zero attached hydrogens (tertiary/aromatic N) is 1. The Morgan fingerprint density at radius 2 is 1.07 bits per heavy atom. The molecule has 7 aromatic carbocycles. The summed E-state index contributed by atoms with van der Waals surface area (Å²) in [6.07, 6.45) is 0. The van der Waals surface area contributed by atoms with Crippen molar-refractivity contribution in [2.75, 3.05) is 0 Å². The highest BCUT2D eigenvalue weighted by molar-refractivity contribution is 7.99. The van der Waals surface area contributed by atoms with E-state index in [4.69, 9.17) is 0 Å². The molecule has 0 unspecified atom stereocenters. The molecule has 0 radical (unpaired) electrons. The Morgan fingerprint density at radius 3 is 1.89 bits per heavy atom. The first-order valence-corrected chi connectivity index (χ1v) is 17.4. The van der Waals surface area contributed by atoms with E-state index in [9.17, 15) is 0 Å². The van der Waals surface area contributed by atoms with Crippen LogP contribution in [0.4, 0.5) is 0 Å². The first kappa shape index (κ1) is 25.1. The highest BCUT2D eigenvalue weighted by Gasteiger charge is 2.50. The van der Waals surface area contributed by atoms with E-state index >= 15 is 0 Å². The highest BCUT2D eigenvalue weighted by Crippen LogP contribution is 2.62. The van der Waals surface area contributed by atoms with Crippen molar-refractivity contribution in [3.05, 3.63) is 174 Å². The van der Waals surface area contributed by atoms with Gasteiger partial charge in [-0.15, -0.1) is 11.3 Å². The van der Waals surface area contributed by atoms with E-state index in [2.05, 4.69) is 156 Å². The van der Waals surface area contributed by atoms with Gasteiger partial charge in [0.15, 0.2) is 0 Å². The van der Waals surface area contributed by atoms with Gasteiger partial charge < -0.3 is 4.57 Å². The fraction of sp³-hybridized carbons (Fsp3) is 0.0233. The lowest BCUT2D eigenvalue weighted by atomic mass is 9.67. The topological polar surface area (TPSA) is 4.93 Å². The molecular weight excluding hydrogens is 595 g/mol. The first-order valence-electron chi connectivity index (χ1n) is 15.8. The lowest BCUT2D eigenvalue weighted by Crippen LogP contribution is -2.31. The maximum absolute atomic E-state index is 2.53. The van der Waals surface area contributed by atoms with E-state index < -0.39 is 0 Å². The highest BCUT2D eigenvalue weighted by atomic mass is 32.2. The Morgan fingerprint density at radius 1 is 0.413 bits per heavy atom. The molecule has 1 aliphatic carbocycles. The predicted octanol–water partition coefficient (Wildman–Crippen LogP) is 12.0. The number of fused-ring (bicyclic) bond motifs is 15. The molecule has 3 heteroatoms. The standard InChI is InChI=1S/C43H25NS2/c1-5-15-33-27(11-1)28-12-2-6-16-34(28)43(33)35-17-7-10-20-41(35)46-42-25-38-31(24-36(42)43)29-13-3-8-18-37(29)44(38)26-21-22-40-32(23-26)30-14-4-9-19-39(30)45-40/h1-25H. The van der Waals surface area contributed by atoms with Crippen LogP contribution in [0.1, 0.15) is 22.3 Å². The normalized spacial score (nSPS) is 14.2. The molecule has 9 aromatic rings. The van der Waals surface area contributed by atoms with Crippen LogP contribution in [0, 0.1) is 0 Å². The largest absolute Gasteiger partial charge is 0.309 e. The van der Waals surface area contributed by atoms with Gasteiger partial charge in [0, 0.05) is 46.4 Å². The Hall–Kier alpha value is -5.09. The lowest BCUT2D eigenvalue weighted by Gasteiger charge is -2.39. The minimum absolute atomic E-state index is 0.379. The average molecular weight is 620 g/mol. The minimum Gasteiger partial charge on any atom is -0.309 e. The summed E-state index contributed by atoms with van der Waals surface area (Å²) in [5.74, 6) is 0. The summed E-state index contributed by atoms with van der Waals surface area (Å²) in [4.78, 5) is 2.65. The average Bonchev–Trinajstić information content (AvgIpc) is 3.74. The molecule has 0 N–H and O–H groups in total. The third-order valence-electron chi connectivity index (χ3n) is 10.3. The molecule has 1 nitrogen and oxygen atoms in total. The predicted molar refractivity (Wildman–Crippen MR) is 195 cm³/mol. The van der Waals surface area contributed by atoms with Gasteiger partial charge in [0.2, 0.25) is 0 Å². The number of aromatic nitrogens is 1. The van der Waals surface area contributed by atoms with Crippen LogP contribution in [0.2, 0.25) is 0 Å². The Balaban J connectivity index is 1.27. The zero-order valence-corrected chi connectivity index (χ0v) is 26.3. The van der Waals surface area contributed by atoms with E-state index in [0.717, 1.165) is 0 Å². The zero-order valence-electron chi connectivity index (χ0n) is 24.7. The molecular formula is C43H25NS2. The first-order chi connectivity index (χ1) is 22.8. The van der Waals surface area contributed by atoms with Crippen molar-refractivity contribution >= 4 is 65.1 Å². The van der Waals surface area contributed by atoms with Crippen molar-refractivity contribution in [1.29, 1.82) is 0 Å². The molecule has 1 aliphatic heterocycles. The van der Waals surface area contributed by atoms with Crippen LogP contribution >= 0.6 is 23.1 Å². The summed E-state index contributed by atoms with van der Waals surface area (Å²) < 4.78 is 5.15. The third kappa shape index (κ3) is 3.07. The van der Waals surface area contributed by atoms with Crippen molar-refractivity contribution in [1.82, 2.24) is 4.57 Å². The molecule has 0 saturated heterocycles. The van der Waals surface area contributed by atoms with Gasteiger partial charge in [0.1, 0.15) is 0 Å². The summed E-state index contributed by atoms with van der Waals surface area (Å²) in [7, 11) is 0. The SMILES string of the molecule is c1ccc2c(c1)Sc1cc3c(cc1C21c2ccccc2-c2ccccc21)c1ccccc1n3-c1ccc2sc3ccccc3c2c1. The van der Waals surface area contributed by atoms with Crippen molar-refractivity contribution in [2.45, 2.75) is 15.2 Å². The molecule has 214 valence electrons. The van der Waals surface area contributed by atoms with Gasteiger partial charge in [0.25, 0.3) is 0 Å². The molecule has 2 aliphatic rings. The van der Waals surface area contributed by atoms with E-state index in [0.29, 0.717) is 0 Å². The second kappa shape index (κ2) is 9.01. The molecule has 3 heterocycles. The fourth-order valence-electron chi connectivity index (χ4n) is 8.45. The second-order valence-corrected chi connectivity index (χ2v) is 14.6. The molecule has 0 saturated carbocycles. The van der Waals surface area contributed by atoms with Crippen molar-refractivity contribution in [3.8, 4) is 16.8 Å². The number of hydrogen-bond donors (Lipinski definition) is 0. The molecule has 0 amide bonds. The smallest absolute Gasteiger partial charge is 0.0735 e. The van der Waals surface area contributed by atoms with Crippen LogP contribution in [0.5, 0.6) is 0 Å². The fourth-order valence-corrected chi connectivity index (χ4v) is 10.7. The Labute approximate surface area is 274 Å². The molecule has 0 fully saturated rings. The van der Waals surface area contributed by atoms with Crippen molar-refractivity contribution in [3.63, 3.8) is 0 Å². The van der Waals surface area contributed by atoms with Crippen LogP contribution in [0.15, 0.2) is 161 Å². The van der Waals surface area contributed by atoms with Gasteiger partial charge in [0.05, 0.1) is 16.4 Å². The molecule has 1 spiro atoms. The summed E-state index contributed by atoms with van der Waals surface area (Å²) in [6, 6.07) is 56.9. The minimum atomic E-state index is -0.379. The summed E-state index contributed by atoms with van der Waals surface area (Å²) in [5, 5.41) is 5.23. The van der Waals surface area contributed by atoms with E-state index in [1.54, 1.807) is 0 Å². The van der Waals surface area contributed by atoms with Crippen LogP contribution in [-0.2, 0) is 5.41 Å². The van der Waals surface area contributed by atoms with Gasteiger partial charge in [-0.25, -0.2) is 0 Å². The summed E-state index contributed by atoms with van der Waals surface area (Å²) in [5.41, 5.74) is 11.5. The maximum atomic E-state index is 2.53. The maximum Gasteiger partial charge on any atom is 0.0735 e. The van der Waals surface area contributed by atoms with Crippen LogP contribution in [0.25, 0.3) is 58.8 Å². The molecule has 2 aromatic heterocycles. The van der Waals surface area contributed by atoms with Crippen molar-refractivity contribution in [2.24, 2.45) is 0 Å². The Bertz CT molecular complexity index is 2700. The van der Waals surface area contributed by atoms with Gasteiger partial charge in [-0.3, -0.25) is 0 Å². The van der Waals surface area contributed by atoms with Crippen molar-refractivity contribution < 1.29 is 0 Å². The number of rotatable bonds is 1. The molecule has 46 heavy (non-hydrogen) atoms. The quantitative estimate of drug-likeness (QED) is 0.177. The summed E-state index contributed by atoms with van der Waals surface area (Å²) >= 11 is 3.79. The lowest BCUT2D eigenvalue weighted by molar-refractivity contribution is 0.724. The molecule has 0 atom stereocenters. The number of para-hydroxylation sites is 1. The monoisotopic (exact) mass is 619 g/mol. The van der Waals surface area contributed by atoms with E-state index in [-0.39, 0.29) is 5.41 Å². The summed E-state index contributed by atoms with van der Waals surface area (Å²) in [6.45, 7) is 0. The van der Waals surface area contributed by atoms with Gasteiger partial charge in [-0.1, -0.05) is 115 Å². The molecule has 11 rings (SSSR count). The number of benzene rings is 7.